The number of esters is 1. The second-order valence-corrected chi connectivity index (χ2v) is 9.83. The highest BCUT2D eigenvalue weighted by molar-refractivity contribution is 7.90. The Kier molecular flexibility index (Phi) is 4.95. The molecule has 4 saturated carbocycles. The molecular formula is C17H22F3NO5S. The Morgan fingerprint density at radius 2 is 1.70 bits per heavy atom. The first kappa shape index (κ1) is 20.3. The zero-order valence-corrected chi connectivity index (χ0v) is 15.5. The molecule has 0 aliphatic heterocycles. The summed E-state index contributed by atoms with van der Waals surface area (Å²) < 4.78 is 65.2. The van der Waals surface area contributed by atoms with E-state index in [1.807, 2.05) is 0 Å². The molecule has 0 aromatic rings. The second-order valence-electron chi connectivity index (χ2n) is 8.07. The number of carbonyl (C=O) groups is 2. The molecule has 10 heteroatoms. The summed E-state index contributed by atoms with van der Waals surface area (Å²) in [7, 11) is -5.46. The normalized spacial score (nSPS) is 35.1. The molecule has 4 fully saturated rings. The van der Waals surface area contributed by atoms with E-state index in [4.69, 9.17) is 4.74 Å². The molecule has 27 heavy (non-hydrogen) atoms. The first-order valence-corrected chi connectivity index (χ1v) is 10.3. The predicted molar refractivity (Wildman–Crippen MR) is 88.7 cm³/mol. The van der Waals surface area contributed by atoms with Gasteiger partial charge in [0.05, 0.1) is 5.41 Å². The number of ketones is 1. The van der Waals surface area contributed by atoms with E-state index >= 15 is 0 Å². The first-order valence-electron chi connectivity index (χ1n) is 8.83. The lowest BCUT2D eigenvalue weighted by molar-refractivity contribution is -0.181. The van der Waals surface area contributed by atoms with Crippen LogP contribution in [0.4, 0.5) is 13.2 Å². The van der Waals surface area contributed by atoms with Crippen LogP contribution in [-0.4, -0.2) is 38.8 Å². The van der Waals surface area contributed by atoms with Gasteiger partial charge < -0.3 is 4.74 Å². The standard InChI is InChI=1S/C17H22F3NO5S/c1-2-13(22)15-6-11-5-12(7-15)9-16(8-11,10-15)14(23)26-4-3-21-27(24,25)17(18,19)20/h2,11-12,21H,1,3-10H2. The summed E-state index contributed by atoms with van der Waals surface area (Å²) in [6, 6.07) is 0. The van der Waals surface area contributed by atoms with Crippen LogP contribution in [0.3, 0.4) is 0 Å². The van der Waals surface area contributed by atoms with Crippen molar-refractivity contribution in [2.45, 2.75) is 44.0 Å². The average Bonchev–Trinajstić information content (AvgIpc) is 2.55. The molecule has 4 rings (SSSR count). The summed E-state index contributed by atoms with van der Waals surface area (Å²) in [5.41, 5.74) is -6.82. The third-order valence-corrected chi connectivity index (χ3v) is 7.33. The van der Waals surface area contributed by atoms with E-state index < -0.39 is 45.5 Å². The zero-order valence-electron chi connectivity index (χ0n) is 14.7. The number of hydrogen-bond acceptors (Lipinski definition) is 5. The molecule has 0 radical (unpaired) electrons. The minimum absolute atomic E-state index is 0.0632. The van der Waals surface area contributed by atoms with E-state index in [0.717, 1.165) is 19.3 Å². The predicted octanol–water partition coefficient (Wildman–Crippen LogP) is 2.31. The Hall–Kier alpha value is -1.42. The van der Waals surface area contributed by atoms with E-state index in [9.17, 15) is 31.2 Å². The van der Waals surface area contributed by atoms with Crippen molar-refractivity contribution in [1.29, 1.82) is 0 Å². The van der Waals surface area contributed by atoms with E-state index in [2.05, 4.69) is 6.58 Å². The highest BCUT2D eigenvalue weighted by atomic mass is 32.2. The summed E-state index contributed by atoms with van der Waals surface area (Å²) in [4.78, 5) is 25.2. The van der Waals surface area contributed by atoms with Gasteiger partial charge in [0.2, 0.25) is 0 Å². The molecule has 6 nitrogen and oxygen atoms in total. The first-order chi connectivity index (χ1) is 12.4. The molecule has 0 aromatic carbocycles. The van der Waals surface area contributed by atoms with Gasteiger partial charge >= 0.3 is 21.5 Å². The van der Waals surface area contributed by atoms with Crippen molar-refractivity contribution in [3.63, 3.8) is 0 Å². The van der Waals surface area contributed by atoms with Gasteiger partial charge in [0.1, 0.15) is 6.61 Å². The number of ether oxygens (including phenoxy) is 1. The Balaban J connectivity index is 1.63. The maximum Gasteiger partial charge on any atom is 0.511 e. The van der Waals surface area contributed by atoms with Gasteiger partial charge in [-0.3, -0.25) is 9.59 Å². The van der Waals surface area contributed by atoms with Crippen LogP contribution >= 0.6 is 0 Å². The molecule has 4 aliphatic rings. The monoisotopic (exact) mass is 409 g/mol. The van der Waals surface area contributed by atoms with Crippen LogP contribution in [0.1, 0.15) is 38.5 Å². The molecule has 0 amide bonds. The molecule has 0 aromatic heterocycles. The molecule has 0 saturated heterocycles. The number of allylic oxidation sites excluding steroid dienone is 1. The van der Waals surface area contributed by atoms with E-state index in [-0.39, 0.29) is 17.6 Å². The molecule has 4 bridgehead atoms. The van der Waals surface area contributed by atoms with Crippen LogP contribution in [0.25, 0.3) is 0 Å². The molecule has 0 spiro atoms. The van der Waals surface area contributed by atoms with Crippen molar-refractivity contribution >= 4 is 21.8 Å². The number of rotatable bonds is 7. The topological polar surface area (TPSA) is 89.5 Å². The number of sulfonamides is 1. The minimum atomic E-state index is -5.46. The summed E-state index contributed by atoms with van der Waals surface area (Å²) in [6.07, 6.45) is 5.30. The van der Waals surface area contributed by atoms with E-state index in [0.29, 0.717) is 19.3 Å². The second kappa shape index (κ2) is 6.58. The van der Waals surface area contributed by atoms with Crippen molar-refractivity contribution in [1.82, 2.24) is 4.72 Å². The number of halogens is 3. The van der Waals surface area contributed by atoms with Gasteiger partial charge in [0.25, 0.3) is 0 Å². The molecule has 1 N–H and O–H groups in total. The van der Waals surface area contributed by atoms with Gasteiger partial charge in [-0.25, -0.2) is 13.1 Å². The van der Waals surface area contributed by atoms with Gasteiger partial charge in [0.15, 0.2) is 5.78 Å². The average molecular weight is 409 g/mol. The van der Waals surface area contributed by atoms with Crippen molar-refractivity contribution in [3.8, 4) is 0 Å². The molecule has 152 valence electrons. The number of nitrogens with one attached hydrogen (secondary N) is 1. The van der Waals surface area contributed by atoms with Crippen molar-refractivity contribution in [2.75, 3.05) is 13.2 Å². The van der Waals surface area contributed by atoms with Crippen LogP contribution in [0.2, 0.25) is 0 Å². The van der Waals surface area contributed by atoms with Gasteiger partial charge in [-0.15, -0.1) is 0 Å². The summed E-state index contributed by atoms with van der Waals surface area (Å²) in [5, 5.41) is 0. The lowest BCUT2D eigenvalue weighted by atomic mass is 9.43. The fraction of sp³-hybridized carbons (Fsp3) is 0.765. The molecular weight excluding hydrogens is 387 g/mol. The van der Waals surface area contributed by atoms with Crippen LogP contribution in [0.5, 0.6) is 0 Å². The Bertz CT molecular complexity index is 747. The lowest BCUT2D eigenvalue weighted by Crippen LogP contribution is -2.57. The molecule has 2 unspecified atom stereocenters. The van der Waals surface area contributed by atoms with Crippen LogP contribution < -0.4 is 4.72 Å². The van der Waals surface area contributed by atoms with Crippen LogP contribution in [-0.2, 0) is 24.3 Å². The van der Waals surface area contributed by atoms with Crippen molar-refractivity contribution in [3.05, 3.63) is 12.7 Å². The fourth-order valence-corrected chi connectivity index (χ4v) is 6.08. The third-order valence-electron chi connectivity index (χ3n) is 6.13. The van der Waals surface area contributed by atoms with E-state index in [1.54, 1.807) is 0 Å². The number of hydrogen-bond donors (Lipinski definition) is 1. The quantitative estimate of drug-likeness (QED) is 0.396. The minimum Gasteiger partial charge on any atom is -0.464 e. The third kappa shape index (κ3) is 3.53. The summed E-state index contributed by atoms with van der Waals surface area (Å²) >= 11 is 0. The van der Waals surface area contributed by atoms with Gasteiger partial charge in [-0.05, 0) is 56.4 Å². The smallest absolute Gasteiger partial charge is 0.464 e. The maximum atomic E-state index is 12.7. The largest absolute Gasteiger partial charge is 0.511 e. The van der Waals surface area contributed by atoms with Crippen LogP contribution in [0, 0.1) is 22.7 Å². The van der Waals surface area contributed by atoms with Gasteiger partial charge in [0, 0.05) is 12.0 Å². The molecule has 0 heterocycles. The molecule has 2 atom stereocenters. The van der Waals surface area contributed by atoms with E-state index in [1.165, 1.54) is 10.8 Å². The highest BCUT2D eigenvalue weighted by Gasteiger charge is 2.63. The number of alkyl halides is 3. The maximum absolute atomic E-state index is 12.7. The summed E-state index contributed by atoms with van der Waals surface area (Å²) in [6.45, 7) is 2.41. The van der Waals surface area contributed by atoms with Crippen molar-refractivity contribution < 1.29 is 35.9 Å². The summed E-state index contributed by atoms with van der Waals surface area (Å²) in [5.74, 6) is -0.131. The zero-order chi connectivity index (χ0) is 20.1. The SMILES string of the molecule is C=CC(=O)C12CC3CC(C1)CC(C(=O)OCCNS(=O)(=O)C(F)(F)F)(C3)C2. The Labute approximate surface area is 155 Å². The lowest BCUT2D eigenvalue weighted by Gasteiger charge is -2.59. The highest BCUT2D eigenvalue weighted by Crippen LogP contribution is 2.65. The van der Waals surface area contributed by atoms with Crippen LogP contribution in [0.15, 0.2) is 12.7 Å². The van der Waals surface area contributed by atoms with Gasteiger partial charge in [-0.2, -0.15) is 13.2 Å². The number of carbonyl (C=O) groups excluding carboxylic acids is 2. The fourth-order valence-electron chi connectivity index (χ4n) is 5.56. The van der Waals surface area contributed by atoms with Crippen molar-refractivity contribution in [2.24, 2.45) is 22.7 Å². The molecule has 4 aliphatic carbocycles. The Morgan fingerprint density at radius 1 is 1.15 bits per heavy atom. The van der Waals surface area contributed by atoms with Gasteiger partial charge in [-0.1, -0.05) is 6.58 Å². The Morgan fingerprint density at radius 3 is 2.22 bits per heavy atom.